The molecular weight excluding hydrogens is 296 g/mol. The quantitative estimate of drug-likeness (QED) is 0.848. The van der Waals surface area contributed by atoms with E-state index in [2.05, 4.69) is 0 Å². The van der Waals surface area contributed by atoms with E-state index in [1.165, 1.54) is 23.8 Å². The highest BCUT2D eigenvalue weighted by Gasteiger charge is 2.26. The monoisotopic (exact) mass is 312 g/mol. The molecule has 118 valence electrons. The van der Waals surface area contributed by atoms with Crippen LogP contribution in [0, 0.1) is 0 Å². The molecule has 1 atom stereocenters. The summed E-state index contributed by atoms with van der Waals surface area (Å²) in [6, 6.07) is 11.9. The van der Waals surface area contributed by atoms with Gasteiger partial charge in [-0.25, -0.2) is 9.59 Å². The van der Waals surface area contributed by atoms with Gasteiger partial charge in [-0.15, -0.1) is 0 Å². The molecule has 1 aliphatic rings. The van der Waals surface area contributed by atoms with E-state index >= 15 is 0 Å². The van der Waals surface area contributed by atoms with Crippen molar-refractivity contribution in [2.45, 2.75) is 25.6 Å². The lowest BCUT2D eigenvalue weighted by molar-refractivity contribution is 0.0301. The molecule has 2 aromatic carbocycles. The Kier molecular flexibility index (Phi) is 4.12. The topological polar surface area (TPSA) is 83.8 Å². The lowest BCUT2D eigenvalue weighted by atomic mass is 10.1. The van der Waals surface area contributed by atoms with E-state index in [1.54, 1.807) is 0 Å². The molecule has 0 radical (unpaired) electrons. The maximum atomic E-state index is 12.4. The number of carbonyl (C=O) groups excluding carboxylic acids is 1. The van der Waals surface area contributed by atoms with E-state index in [0.717, 1.165) is 18.4 Å². The predicted molar refractivity (Wildman–Crippen MR) is 82.2 cm³/mol. The van der Waals surface area contributed by atoms with Crippen LogP contribution < -0.4 is 0 Å². The van der Waals surface area contributed by atoms with Crippen LogP contribution in [0.15, 0.2) is 42.5 Å². The highest BCUT2D eigenvalue weighted by Crippen LogP contribution is 2.34. The van der Waals surface area contributed by atoms with Gasteiger partial charge in [-0.2, -0.15) is 0 Å². The van der Waals surface area contributed by atoms with Crippen LogP contribution in [0.5, 0.6) is 0 Å². The molecule has 0 amide bonds. The fraction of sp³-hybridized carbons (Fsp3) is 0.222. The lowest BCUT2D eigenvalue weighted by Crippen LogP contribution is -2.11. The first-order chi connectivity index (χ1) is 11.1. The number of hydrogen-bond acceptors (Lipinski definition) is 4. The molecule has 0 saturated heterocycles. The summed E-state index contributed by atoms with van der Waals surface area (Å²) < 4.78 is 5.54. The van der Waals surface area contributed by atoms with Gasteiger partial charge in [0.2, 0.25) is 0 Å². The number of benzene rings is 2. The minimum atomic E-state index is -1.15. The van der Waals surface area contributed by atoms with Crippen molar-refractivity contribution >= 4 is 11.9 Å². The second-order valence-corrected chi connectivity index (χ2v) is 5.51. The largest absolute Gasteiger partial charge is 0.478 e. The number of esters is 1. The van der Waals surface area contributed by atoms with Gasteiger partial charge in [-0.3, -0.25) is 0 Å². The number of fused-ring (bicyclic) bond motifs is 1. The summed E-state index contributed by atoms with van der Waals surface area (Å²) in [4.78, 5) is 23.5. The molecule has 1 aliphatic carbocycles. The van der Waals surface area contributed by atoms with Gasteiger partial charge in [-0.1, -0.05) is 24.3 Å². The van der Waals surface area contributed by atoms with Crippen LogP contribution in [-0.2, 0) is 17.8 Å². The van der Waals surface area contributed by atoms with Crippen molar-refractivity contribution in [1.29, 1.82) is 0 Å². The lowest BCUT2D eigenvalue weighted by Gasteiger charge is -2.14. The molecule has 1 unspecified atom stereocenters. The number of aryl methyl sites for hydroxylation is 1. The zero-order valence-electron chi connectivity index (χ0n) is 12.4. The number of aliphatic hydroxyl groups is 1. The number of carbonyl (C=O) groups is 2. The van der Waals surface area contributed by atoms with Gasteiger partial charge < -0.3 is 14.9 Å². The smallest absolute Gasteiger partial charge is 0.338 e. The molecule has 0 saturated carbocycles. The van der Waals surface area contributed by atoms with Gasteiger partial charge in [0.15, 0.2) is 0 Å². The molecule has 5 nitrogen and oxygen atoms in total. The predicted octanol–water partition coefficient (Wildman–Crippen LogP) is 2.72. The second kappa shape index (κ2) is 6.22. The van der Waals surface area contributed by atoms with E-state index in [9.17, 15) is 14.7 Å². The Morgan fingerprint density at radius 1 is 1.13 bits per heavy atom. The summed E-state index contributed by atoms with van der Waals surface area (Å²) in [6.45, 7) is -0.340. The zero-order chi connectivity index (χ0) is 16.4. The molecule has 5 heteroatoms. The molecule has 23 heavy (non-hydrogen) atoms. The van der Waals surface area contributed by atoms with Crippen molar-refractivity contribution in [1.82, 2.24) is 0 Å². The molecule has 0 aromatic heterocycles. The molecule has 0 heterocycles. The Morgan fingerprint density at radius 3 is 2.61 bits per heavy atom. The standard InChI is InChI=1S/C18H16O5/c19-10-11-7-13(17(20)21)9-14(8-11)18(22)23-16-6-5-12-3-1-2-4-15(12)16/h1-4,7-9,16,19H,5-6,10H2,(H,20,21). The minimum Gasteiger partial charge on any atom is -0.478 e. The summed E-state index contributed by atoms with van der Waals surface area (Å²) in [5, 5.41) is 18.3. The van der Waals surface area contributed by atoms with Crippen molar-refractivity contribution in [2.24, 2.45) is 0 Å². The molecule has 2 aromatic rings. The highest BCUT2D eigenvalue weighted by atomic mass is 16.5. The molecular formula is C18H16O5. The Balaban J connectivity index is 1.84. The van der Waals surface area contributed by atoms with E-state index in [1.807, 2.05) is 24.3 Å². The maximum absolute atomic E-state index is 12.4. The average Bonchev–Trinajstić information content (AvgIpc) is 2.97. The number of ether oxygens (including phenoxy) is 1. The van der Waals surface area contributed by atoms with Crippen molar-refractivity contribution in [3.63, 3.8) is 0 Å². The number of carboxylic acid groups (broad SMARTS) is 1. The Hall–Kier alpha value is -2.66. The van der Waals surface area contributed by atoms with Gasteiger partial charge in [-0.05, 0) is 47.7 Å². The molecule has 0 aliphatic heterocycles. The Morgan fingerprint density at radius 2 is 1.87 bits per heavy atom. The summed E-state index contributed by atoms with van der Waals surface area (Å²) in [5.41, 5.74) is 2.62. The van der Waals surface area contributed by atoms with E-state index in [4.69, 9.17) is 9.84 Å². The summed E-state index contributed by atoms with van der Waals surface area (Å²) in [5.74, 6) is -1.73. The summed E-state index contributed by atoms with van der Waals surface area (Å²) in [6.07, 6.45) is 1.26. The normalized spacial score (nSPS) is 16.0. The van der Waals surface area contributed by atoms with Crippen LogP contribution in [0.1, 0.15) is 49.9 Å². The highest BCUT2D eigenvalue weighted by molar-refractivity contribution is 5.95. The van der Waals surface area contributed by atoms with Crippen LogP contribution in [0.4, 0.5) is 0 Å². The Bertz CT molecular complexity index is 766. The second-order valence-electron chi connectivity index (χ2n) is 5.51. The van der Waals surface area contributed by atoms with Gasteiger partial charge in [0.05, 0.1) is 17.7 Å². The minimum absolute atomic E-state index is 0.0460. The number of hydrogen-bond donors (Lipinski definition) is 2. The summed E-state index contributed by atoms with van der Waals surface area (Å²) in [7, 11) is 0. The SMILES string of the molecule is O=C(O)c1cc(CO)cc(C(=O)OC2CCc3ccccc32)c1. The third-order valence-corrected chi connectivity index (χ3v) is 3.99. The van der Waals surface area contributed by atoms with E-state index in [-0.39, 0.29) is 23.8 Å². The van der Waals surface area contributed by atoms with Crippen LogP contribution in [0.2, 0.25) is 0 Å². The fourth-order valence-electron chi connectivity index (χ4n) is 2.86. The van der Waals surface area contributed by atoms with E-state index in [0.29, 0.717) is 5.56 Å². The van der Waals surface area contributed by atoms with Crippen molar-refractivity contribution in [2.75, 3.05) is 0 Å². The first kappa shape index (κ1) is 15.2. The fourth-order valence-corrected chi connectivity index (χ4v) is 2.86. The Labute approximate surface area is 133 Å². The molecule has 0 bridgehead atoms. The molecule has 3 rings (SSSR count). The van der Waals surface area contributed by atoms with Crippen molar-refractivity contribution < 1.29 is 24.5 Å². The summed E-state index contributed by atoms with van der Waals surface area (Å²) >= 11 is 0. The van der Waals surface area contributed by atoms with Crippen LogP contribution >= 0.6 is 0 Å². The third kappa shape index (κ3) is 3.10. The van der Waals surface area contributed by atoms with Gasteiger partial charge in [0, 0.05) is 0 Å². The van der Waals surface area contributed by atoms with Crippen molar-refractivity contribution in [3.05, 3.63) is 70.3 Å². The van der Waals surface area contributed by atoms with Gasteiger partial charge in [0.1, 0.15) is 6.10 Å². The maximum Gasteiger partial charge on any atom is 0.338 e. The van der Waals surface area contributed by atoms with Gasteiger partial charge >= 0.3 is 11.9 Å². The number of rotatable bonds is 4. The molecule has 2 N–H and O–H groups in total. The third-order valence-electron chi connectivity index (χ3n) is 3.99. The first-order valence-electron chi connectivity index (χ1n) is 7.35. The molecule has 0 fully saturated rings. The number of aliphatic hydroxyl groups excluding tert-OH is 1. The molecule has 0 spiro atoms. The van der Waals surface area contributed by atoms with Gasteiger partial charge in [0.25, 0.3) is 0 Å². The number of aromatic carboxylic acids is 1. The number of carboxylic acids is 1. The average molecular weight is 312 g/mol. The van der Waals surface area contributed by atoms with Crippen LogP contribution in [0.3, 0.4) is 0 Å². The van der Waals surface area contributed by atoms with Crippen LogP contribution in [-0.4, -0.2) is 22.2 Å². The van der Waals surface area contributed by atoms with Crippen molar-refractivity contribution in [3.8, 4) is 0 Å². The first-order valence-corrected chi connectivity index (χ1v) is 7.35. The zero-order valence-corrected chi connectivity index (χ0v) is 12.4. The van der Waals surface area contributed by atoms with Crippen LogP contribution in [0.25, 0.3) is 0 Å². The van der Waals surface area contributed by atoms with E-state index < -0.39 is 11.9 Å².